The molecule has 0 fully saturated rings. The Hall–Kier alpha value is -0.940. The van der Waals surface area contributed by atoms with E-state index in [1.807, 2.05) is 4.68 Å². The third kappa shape index (κ3) is 5.23. The number of aryl methyl sites for hydroxylation is 1. The van der Waals surface area contributed by atoms with E-state index in [0.29, 0.717) is 0 Å². The first-order valence-electron chi connectivity index (χ1n) is 5.94. The van der Waals surface area contributed by atoms with E-state index >= 15 is 0 Å². The highest BCUT2D eigenvalue weighted by Crippen LogP contribution is 1.95. The van der Waals surface area contributed by atoms with Crippen molar-refractivity contribution in [2.24, 2.45) is 0 Å². The van der Waals surface area contributed by atoms with E-state index in [2.05, 4.69) is 22.3 Å². The van der Waals surface area contributed by atoms with Gasteiger partial charge in [0.2, 0.25) is 0 Å². The van der Waals surface area contributed by atoms with Crippen LogP contribution in [0.4, 0.5) is 0 Å². The largest absolute Gasteiger partial charge is 0.385 e. The lowest BCUT2D eigenvalue weighted by molar-refractivity contribution is 0.191. The van der Waals surface area contributed by atoms with E-state index < -0.39 is 0 Å². The van der Waals surface area contributed by atoms with Gasteiger partial charge in [0.05, 0.1) is 6.54 Å². The van der Waals surface area contributed by atoms with E-state index in [0.717, 1.165) is 51.3 Å². The Morgan fingerprint density at radius 1 is 1.44 bits per heavy atom. The Kier molecular flexibility index (Phi) is 6.76. The summed E-state index contributed by atoms with van der Waals surface area (Å²) in [5.74, 6) is 0.875. The third-order valence-corrected chi connectivity index (χ3v) is 2.28. The molecule has 16 heavy (non-hydrogen) atoms. The molecule has 0 saturated heterocycles. The molecular formula is C11H22N4O. The SMILES string of the molecule is CCCNCc1ncn(CCCCOC)n1. The minimum absolute atomic E-state index is 0.763. The fourth-order valence-electron chi connectivity index (χ4n) is 1.42. The van der Waals surface area contributed by atoms with Crippen LogP contribution in [0, 0.1) is 0 Å². The van der Waals surface area contributed by atoms with E-state index in [9.17, 15) is 0 Å². The van der Waals surface area contributed by atoms with Crippen LogP contribution in [0.2, 0.25) is 0 Å². The van der Waals surface area contributed by atoms with Crippen LogP contribution in [0.3, 0.4) is 0 Å². The minimum Gasteiger partial charge on any atom is -0.385 e. The van der Waals surface area contributed by atoms with Crippen LogP contribution in [-0.4, -0.2) is 35.0 Å². The van der Waals surface area contributed by atoms with Crippen LogP contribution in [0.25, 0.3) is 0 Å². The maximum absolute atomic E-state index is 5.00. The van der Waals surface area contributed by atoms with Crippen molar-refractivity contribution in [3.8, 4) is 0 Å². The first kappa shape index (κ1) is 13.1. The van der Waals surface area contributed by atoms with E-state index in [4.69, 9.17) is 4.74 Å². The molecule has 0 atom stereocenters. The van der Waals surface area contributed by atoms with Gasteiger partial charge in [-0.25, -0.2) is 4.98 Å². The molecule has 0 unspecified atom stereocenters. The standard InChI is InChI=1S/C11H22N4O/c1-3-6-12-9-11-13-10-15(14-11)7-4-5-8-16-2/h10,12H,3-9H2,1-2H3. The van der Waals surface area contributed by atoms with Gasteiger partial charge in [0.15, 0.2) is 5.82 Å². The van der Waals surface area contributed by atoms with E-state index in [1.165, 1.54) is 0 Å². The summed E-state index contributed by atoms with van der Waals surface area (Å²) in [4.78, 5) is 4.24. The number of unbranched alkanes of at least 4 members (excludes halogenated alkanes) is 1. The van der Waals surface area contributed by atoms with Crippen LogP contribution in [-0.2, 0) is 17.8 Å². The smallest absolute Gasteiger partial charge is 0.164 e. The topological polar surface area (TPSA) is 52.0 Å². The van der Waals surface area contributed by atoms with Crippen molar-refractivity contribution in [3.05, 3.63) is 12.2 Å². The molecule has 0 spiro atoms. The third-order valence-electron chi connectivity index (χ3n) is 2.28. The number of nitrogens with zero attached hydrogens (tertiary/aromatic N) is 3. The van der Waals surface area contributed by atoms with Crippen molar-refractivity contribution < 1.29 is 4.74 Å². The highest BCUT2D eigenvalue weighted by Gasteiger charge is 1.99. The van der Waals surface area contributed by atoms with Gasteiger partial charge in [-0.05, 0) is 25.8 Å². The number of methoxy groups -OCH3 is 1. The molecule has 0 aromatic carbocycles. The Morgan fingerprint density at radius 2 is 2.31 bits per heavy atom. The summed E-state index contributed by atoms with van der Waals surface area (Å²) in [5, 5.41) is 7.66. The van der Waals surface area contributed by atoms with Gasteiger partial charge in [0, 0.05) is 20.3 Å². The summed E-state index contributed by atoms with van der Waals surface area (Å²) < 4.78 is 6.90. The molecule has 0 saturated carbocycles. The van der Waals surface area contributed by atoms with Crippen LogP contribution >= 0.6 is 0 Å². The van der Waals surface area contributed by atoms with Gasteiger partial charge in [0.25, 0.3) is 0 Å². The molecule has 0 aliphatic heterocycles. The second-order valence-electron chi connectivity index (χ2n) is 3.80. The molecule has 92 valence electrons. The molecular weight excluding hydrogens is 204 g/mol. The van der Waals surface area contributed by atoms with E-state index in [1.54, 1.807) is 13.4 Å². The van der Waals surface area contributed by atoms with Crippen molar-refractivity contribution >= 4 is 0 Å². The van der Waals surface area contributed by atoms with Crippen LogP contribution in [0.15, 0.2) is 6.33 Å². The Bertz CT molecular complexity index is 275. The van der Waals surface area contributed by atoms with Crippen molar-refractivity contribution in [2.45, 2.75) is 39.3 Å². The highest BCUT2D eigenvalue weighted by molar-refractivity contribution is 4.80. The maximum Gasteiger partial charge on any atom is 0.164 e. The zero-order valence-corrected chi connectivity index (χ0v) is 10.3. The fraction of sp³-hybridized carbons (Fsp3) is 0.818. The van der Waals surface area contributed by atoms with Gasteiger partial charge in [-0.15, -0.1) is 0 Å². The highest BCUT2D eigenvalue weighted by atomic mass is 16.5. The predicted octanol–water partition coefficient (Wildman–Crippen LogP) is 1.20. The van der Waals surface area contributed by atoms with Crippen LogP contribution < -0.4 is 5.32 Å². The summed E-state index contributed by atoms with van der Waals surface area (Å²) in [6.07, 6.45) is 5.09. The minimum atomic E-state index is 0.763. The molecule has 1 aromatic heterocycles. The molecule has 0 aliphatic carbocycles. The first-order valence-corrected chi connectivity index (χ1v) is 5.94. The lowest BCUT2D eigenvalue weighted by Crippen LogP contribution is -2.15. The molecule has 1 heterocycles. The Balaban J connectivity index is 2.17. The summed E-state index contributed by atoms with van der Waals surface area (Å²) in [5.41, 5.74) is 0. The summed E-state index contributed by atoms with van der Waals surface area (Å²) in [7, 11) is 1.73. The van der Waals surface area contributed by atoms with Crippen molar-refractivity contribution in [3.63, 3.8) is 0 Å². The average molecular weight is 226 g/mol. The summed E-state index contributed by atoms with van der Waals surface area (Å²) in [6.45, 7) is 5.67. The summed E-state index contributed by atoms with van der Waals surface area (Å²) >= 11 is 0. The summed E-state index contributed by atoms with van der Waals surface area (Å²) in [6, 6.07) is 0. The Morgan fingerprint density at radius 3 is 3.06 bits per heavy atom. The number of hydrogen-bond donors (Lipinski definition) is 1. The lowest BCUT2D eigenvalue weighted by atomic mass is 10.3. The predicted molar refractivity (Wildman–Crippen MR) is 63.1 cm³/mol. The monoisotopic (exact) mass is 226 g/mol. The number of nitrogens with one attached hydrogen (secondary N) is 1. The zero-order chi connectivity index (χ0) is 11.6. The number of hydrogen-bond acceptors (Lipinski definition) is 4. The maximum atomic E-state index is 5.00. The molecule has 5 nitrogen and oxygen atoms in total. The van der Waals surface area contributed by atoms with Gasteiger partial charge in [0.1, 0.15) is 6.33 Å². The van der Waals surface area contributed by atoms with Gasteiger partial charge in [-0.3, -0.25) is 4.68 Å². The second-order valence-corrected chi connectivity index (χ2v) is 3.80. The van der Waals surface area contributed by atoms with Crippen molar-refractivity contribution in [1.82, 2.24) is 20.1 Å². The average Bonchev–Trinajstić information content (AvgIpc) is 2.73. The number of ether oxygens (including phenoxy) is 1. The van der Waals surface area contributed by atoms with E-state index in [-0.39, 0.29) is 0 Å². The second kappa shape index (κ2) is 8.24. The van der Waals surface area contributed by atoms with Gasteiger partial charge >= 0.3 is 0 Å². The molecule has 1 rings (SSSR count). The molecule has 1 aromatic rings. The normalized spacial score (nSPS) is 10.9. The number of rotatable bonds is 9. The fourth-order valence-corrected chi connectivity index (χ4v) is 1.42. The molecule has 0 aliphatic rings. The van der Waals surface area contributed by atoms with Gasteiger partial charge in [-0.1, -0.05) is 6.92 Å². The van der Waals surface area contributed by atoms with Crippen molar-refractivity contribution in [1.29, 1.82) is 0 Å². The molecule has 5 heteroatoms. The number of aromatic nitrogens is 3. The zero-order valence-electron chi connectivity index (χ0n) is 10.3. The van der Waals surface area contributed by atoms with Gasteiger partial charge < -0.3 is 10.1 Å². The quantitative estimate of drug-likeness (QED) is 0.643. The molecule has 0 radical (unpaired) electrons. The van der Waals surface area contributed by atoms with Crippen molar-refractivity contribution in [2.75, 3.05) is 20.3 Å². The molecule has 0 amide bonds. The van der Waals surface area contributed by atoms with Crippen LogP contribution in [0.1, 0.15) is 32.0 Å². The molecule has 1 N–H and O–H groups in total. The van der Waals surface area contributed by atoms with Gasteiger partial charge in [-0.2, -0.15) is 5.10 Å². The first-order chi connectivity index (χ1) is 7.86. The molecule has 0 bridgehead atoms. The lowest BCUT2D eigenvalue weighted by Gasteiger charge is -2.00. The Labute approximate surface area is 97.2 Å². The van der Waals surface area contributed by atoms with Crippen LogP contribution in [0.5, 0.6) is 0 Å².